The van der Waals surface area contributed by atoms with Gasteiger partial charge in [0.2, 0.25) is 0 Å². The summed E-state index contributed by atoms with van der Waals surface area (Å²) in [6, 6.07) is 10.4. The van der Waals surface area contributed by atoms with Crippen LogP contribution in [-0.4, -0.2) is 10.9 Å². The zero-order valence-electron chi connectivity index (χ0n) is 9.05. The van der Waals surface area contributed by atoms with Crippen LogP contribution < -0.4 is 16.8 Å². The quantitative estimate of drug-likeness (QED) is 0.694. The van der Waals surface area contributed by atoms with Crippen molar-refractivity contribution in [2.24, 2.45) is 5.73 Å². The third-order valence-electron chi connectivity index (χ3n) is 2.22. The van der Waals surface area contributed by atoms with E-state index in [0.717, 1.165) is 5.69 Å². The standard InChI is InChI=1S/C12H12N4O/c13-8-3-1-4-9(7-8)16-12-10(11(14)17)5-2-6-15-12/h1-7H,13H2,(H2,14,17)(H,15,16). The zero-order chi connectivity index (χ0) is 12.3. The van der Waals surface area contributed by atoms with Crippen molar-refractivity contribution in [3.05, 3.63) is 48.2 Å². The predicted molar refractivity (Wildman–Crippen MR) is 66.9 cm³/mol. The van der Waals surface area contributed by atoms with Crippen LogP contribution in [0, 0.1) is 0 Å². The molecule has 5 N–H and O–H groups in total. The van der Waals surface area contributed by atoms with Crippen LogP contribution in [-0.2, 0) is 0 Å². The first-order valence-electron chi connectivity index (χ1n) is 5.04. The van der Waals surface area contributed by atoms with Crippen molar-refractivity contribution in [3.63, 3.8) is 0 Å². The van der Waals surface area contributed by atoms with Crippen LogP contribution >= 0.6 is 0 Å². The van der Waals surface area contributed by atoms with Gasteiger partial charge in [-0.2, -0.15) is 0 Å². The summed E-state index contributed by atoms with van der Waals surface area (Å²) in [5, 5.41) is 3.00. The second-order valence-electron chi connectivity index (χ2n) is 3.51. The number of aromatic nitrogens is 1. The molecule has 86 valence electrons. The third kappa shape index (κ3) is 2.52. The van der Waals surface area contributed by atoms with Crippen LogP contribution in [0.3, 0.4) is 0 Å². The Balaban J connectivity index is 2.33. The molecule has 5 nitrogen and oxygen atoms in total. The molecule has 2 aromatic rings. The number of hydrogen-bond donors (Lipinski definition) is 3. The van der Waals surface area contributed by atoms with E-state index in [1.165, 1.54) is 0 Å². The number of carbonyl (C=O) groups excluding carboxylic acids is 1. The highest BCUT2D eigenvalue weighted by atomic mass is 16.1. The van der Waals surface area contributed by atoms with Gasteiger partial charge in [0, 0.05) is 17.6 Å². The molecule has 0 atom stereocenters. The zero-order valence-corrected chi connectivity index (χ0v) is 9.05. The lowest BCUT2D eigenvalue weighted by Gasteiger charge is -2.08. The summed E-state index contributed by atoms with van der Waals surface area (Å²) in [5.41, 5.74) is 12.6. The number of amides is 1. The van der Waals surface area contributed by atoms with Gasteiger partial charge in [-0.1, -0.05) is 6.07 Å². The van der Waals surface area contributed by atoms with Gasteiger partial charge in [0.15, 0.2) is 0 Å². The van der Waals surface area contributed by atoms with E-state index in [0.29, 0.717) is 17.1 Å². The highest BCUT2D eigenvalue weighted by Gasteiger charge is 2.08. The average molecular weight is 228 g/mol. The molecule has 5 heteroatoms. The molecule has 17 heavy (non-hydrogen) atoms. The Bertz CT molecular complexity index is 554. The molecule has 0 fully saturated rings. The average Bonchev–Trinajstić information content (AvgIpc) is 2.29. The summed E-state index contributed by atoms with van der Waals surface area (Å²) in [6.45, 7) is 0. The smallest absolute Gasteiger partial charge is 0.252 e. The second-order valence-corrected chi connectivity index (χ2v) is 3.51. The monoisotopic (exact) mass is 228 g/mol. The van der Waals surface area contributed by atoms with Crippen molar-refractivity contribution in [2.75, 3.05) is 11.1 Å². The summed E-state index contributed by atoms with van der Waals surface area (Å²) < 4.78 is 0. The Hall–Kier alpha value is -2.56. The molecule has 0 saturated carbocycles. The van der Waals surface area contributed by atoms with Crippen LogP contribution in [0.25, 0.3) is 0 Å². The van der Waals surface area contributed by atoms with Crippen LogP contribution in [0.15, 0.2) is 42.6 Å². The van der Waals surface area contributed by atoms with Gasteiger partial charge in [0.05, 0.1) is 5.56 Å². The van der Waals surface area contributed by atoms with E-state index < -0.39 is 5.91 Å². The minimum absolute atomic E-state index is 0.343. The van der Waals surface area contributed by atoms with Gasteiger partial charge in [0.1, 0.15) is 5.82 Å². The van der Waals surface area contributed by atoms with Crippen molar-refractivity contribution >= 4 is 23.1 Å². The Kier molecular flexibility index (Phi) is 2.91. The SMILES string of the molecule is NC(=O)c1cccnc1Nc1cccc(N)c1. The molecule has 1 aromatic carbocycles. The molecule has 2 rings (SSSR count). The fraction of sp³-hybridized carbons (Fsp3) is 0. The minimum atomic E-state index is -0.524. The van der Waals surface area contributed by atoms with Crippen LogP contribution in [0.1, 0.15) is 10.4 Å². The number of carbonyl (C=O) groups is 1. The lowest BCUT2D eigenvalue weighted by Crippen LogP contribution is -2.14. The number of rotatable bonds is 3. The first kappa shape index (κ1) is 10.9. The molecule has 0 aliphatic rings. The first-order chi connectivity index (χ1) is 8.16. The fourth-order valence-corrected chi connectivity index (χ4v) is 1.46. The Morgan fingerprint density at radius 3 is 2.76 bits per heavy atom. The van der Waals surface area contributed by atoms with Crippen molar-refractivity contribution in [3.8, 4) is 0 Å². The Morgan fingerprint density at radius 1 is 1.24 bits per heavy atom. The van der Waals surface area contributed by atoms with E-state index in [-0.39, 0.29) is 0 Å². The van der Waals surface area contributed by atoms with E-state index in [1.54, 1.807) is 30.5 Å². The summed E-state index contributed by atoms with van der Waals surface area (Å²) >= 11 is 0. The molecule has 0 aliphatic carbocycles. The molecule has 1 amide bonds. The maximum absolute atomic E-state index is 11.2. The summed E-state index contributed by atoms with van der Waals surface area (Å²) in [5.74, 6) is -0.102. The van der Waals surface area contributed by atoms with E-state index >= 15 is 0 Å². The molecule has 1 aromatic heterocycles. The molecule has 0 saturated heterocycles. The number of anilines is 3. The van der Waals surface area contributed by atoms with E-state index in [1.807, 2.05) is 12.1 Å². The van der Waals surface area contributed by atoms with Gasteiger partial charge in [-0.05, 0) is 30.3 Å². The van der Waals surface area contributed by atoms with Crippen molar-refractivity contribution in [1.82, 2.24) is 4.98 Å². The normalized spacial score (nSPS) is 9.88. The molecule has 1 heterocycles. The fourth-order valence-electron chi connectivity index (χ4n) is 1.46. The third-order valence-corrected chi connectivity index (χ3v) is 2.22. The number of nitrogens with one attached hydrogen (secondary N) is 1. The Labute approximate surface area is 98.5 Å². The summed E-state index contributed by atoms with van der Waals surface area (Å²) in [4.78, 5) is 15.3. The number of nitrogens with zero attached hydrogens (tertiary/aromatic N) is 1. The molecular formula is C12H12N4O. The number of nitrogen functional groups attached to an aromatic ring is 1. The van der Waals surface area contributed by atoms with Crippen molar-refractivity contribution in [2.45, 2.75) is 0 Å². The molecule has 0 unspecified atom stereocenters. The van der Waals surface area contributed by atoms with Crippen molar-refractivity contribution in [1.29, 1.82) is 0 Å². The van der Waals surface area contributed by atoms with Gasteiger partial charge in [-0.15, -0.1) is 0 Å². The first-order valence-corrected chi connectivity index (χ1v) is 5.04. The molecule has 0 bridgehead atoms. The largest absolute Gasteiger partial charge is 0.399 e. The molecule has 0 aliphatic heterocycles. The van der Waals surface area contributed by atoms with Crippen molar-refractivity contribution < 1.29 is 4.79 Å². The number of pyridine rings is 1. The number of nitrogens with two attached hydrogens (primary N) is 2. The Morgan fingerprint density at radius 2 is 2.06 bits per heavy atom. The molecule has 0 spiro atoms. The van der Waals surface area contributed by atoms with Crippen LogP contribution in [0.4, 0.5) is 17.2 Å². The minimum Gasteiger partial charge on any atom is -0.399 e. The lowest BCUT2D eigenvalue weighted by molar-refractivity contribution is 0.100. The highest BCUT2D eigenvalue weighted by Crippen LogP contribution is 2.19. The van der Waals surface area contributed by atoms with Crippen LogP contribution in [0.2, 0.25) is 0 Å². The lowest BCUT2D eigenvalue weighted by atomic mass is 10.2. The highest BCUT2D eigenvalue weighted by molar-refractivity contribution is 5.98. The van der Waals surface area contributed by atoms with Gasteiger partial charge in [-0.3, -0.25) is 4.79 Å². The van der Waals surface area contributed by atoms with E-state index in [4.69, 9.17) is 11.5 Å². The maximum Gasteiger partial charge on any atom is 0.252 e. The van der Waals surface area contributed by atoms with Gasteiger partial charge >= 0.3 is 0 Å². The van der Waals surface area contributed by atoms with Crippen LogP contribution in [0.5, 0.6) is 0 Å². The van der Waals surface area contributed by atoms with Gasteiger partial charge < -0.3 is 16.8 Å². The number of hydrogen-bond acceptors (Lipinski definition) is 4. The van der Waals surface area contributed by atoms with Gasteiger partial charge in [0.25, 0.3) is 5.91 Å². The molecular weight excluding hydrogens is 216 g/mol. The van der Waals surface area contributed by atoms with E-state index in [2.05, 4.69) is 10.3 Å². The number of primary amides is 1. The predicted octanol–water partition coefficient (Wildman–Crippen LogP) is 1.51. The van der Waals surface area contributed by atoms with Gasteiger partial charge in [-0.25, -0.2) is 4.98 Å². The summed E-state index contributed by atoms with van der Waals surface area (Å²) in [6.07, 6.45) is 1.58. The second kappa shape index (κ2) is 4.52. The maximum atomic E-state index is 11.2. The number of benzene rings is 1. The summed E-state index contributed by atoms with van der Waals surface area (Å²) in [7, 11) is 0. The van der Waals surface area contributed by atoms with E-state index in [9.17, 15) is 4.79 Å². The topological polar surface area (TPSA) is 94.0 Å². The molecule has 0 radical (unpaired) electrons.